The van der Waals surface area contributed by atoms with Crippen molar-refractivity contribution < 1.29 is 19.1 Å². The van der Waals surface area contributed by atoms with Crippen LogP contribution in [0.5, 0.6) is 0 Å². The minimum Gasteiger partial charge on any atom is -0.469 e. The van der Waals surface area contributed by atoms with Crippen molar-refractivity contribution >= 4 is 35.9 Å². The van der Waals surface area contributed by atoms with Gasteiger partial charge in [0.2, 0.25) is 0 Å². The van der Waals surface area contributed by atoms with Crippen molar-refractivity contribution in [3.8, 4) is 11.3 Å². The lowest BCUT2D eigenvalue weighted by molar-refractivity contribution is -0.146. The minimum absolute atomic E-state index is 0. The monoisotopic (exact) mass is 502 g/mol. The molecule has 35 heavy (non-hydrogen) atoms. The second-order valence-electron chi connectivity index (χ2n) is 8.60. The van der Waals surface area contributed by atoms with Crippen LogP contribution in [0, 0.1) is 11.3 Å². The van der Waals surface area contributed by atoms with Crippen LogP contribution in [0.25, 0.3) is 11.3 Å². The zero-order chi connectivity index (χ0) is 24.1. The maximum atomic E-state index is 13.4. The molecule has 1 aliphatic carbocycles. The molecule has 4 rings (SSSR count). The summed E-state index contributed by atoms with van der Waals surface area (Å²) in [6.07, 6.45) is 2.82. The van der Waals surface area contributed by atoms with Gasteiger partial charge in [0.1, 0.15) is 5.84 Å². The van der Waals surface area contributed by atoms with Gasteiger partial charge in [-0.3, -0.25) is 15.0 Å². The van der Waals surface area contributed by atoms with Crippen molar-refractivity contribution in [3.05, 3.63) is 41.5 Å². The van der Waals surface area contributed by atoms with Crippen molar-refractivity contribution in [1.29, 1.82) is 5.41 Å². The number of carbonyl (C=O) groups is 2. The lowest BCUT2D eigenvalue weighted by Gasteiger charge is -2.30. The second-order valence-corrected chi connectivity index (χ2v) is 8.60. The van der Waals surface area contributed by atoms with Crippen LogP contribution in [-0.4, -0.2) is 67.4 Å². The van der Waals surface area contributed by atoms with E-state index in [1.165, 1.54) is 7.11 Å². The number of carbonyl (C=O) groups excluding carboxylic acids is 2. The summed E-state index contributed by atoms with van der Waals surface area (Å²) in [7, 11) is 1.41. The summed E-state index contributed by atoms with van der Waals surface area (Å²) in [5.74, 6) is 0.0299. The number of nitrogens with two attached hydrogens (primary N) is 1. The highest BCUT2D eigenvalue weighted by atomic mass is 35.5. The Morgan fingerprint density at radius 1 is 1.11 bits per heavy atom. The molecule has 2 heterocycles. The molecule has 0 unspecified atom stereocenters. The number of methoxy groups -OCH3 is 1. The smallest absolute Gasteiger partial charge is 0.308 e. The summed E-state index contributed by atoms with van der Waals surface area (Å²) in [6.45, 7) is 2.39. The molecule has 1 saturated carbocycles. The molecule has 1 aromatic carbocycles. The molecule has 0 spiro atoms. The van der Waals surface area contributed by atoms with Crippen LogP contribution in [0.3, 0.4) is 0 Å². The van der Waals surface area contributed by atoms with Gasteiger partial charge in [0.25, 0.3) is 5.91 Å². The molecule has 0 atom stereocenters. The first kappa shape index (κ1) is 26.4. The molecule has 1 aliphatic heterocycles. The number of nitrogens with zero attached hydrogens (tertiary/aromatic N) is 3. The number of nitrogens with one attached hydrogen (secondary N) is 2. The summed E-state index contributed by atoms with van der Waals surface area (Å²) in [6, 6.07) is 8.85. The maximum absolute atomic E-state index is 13.4. The summed E-state index contributed by atoms with van der Waals surface area (Å²) < 4.78 is 10.3. The zero-order valence-electron chi connectivity index (χ0n) is 19.7. The number of halogens is 1. The van der Waals surface area contributed by atoms with Gasteiger partial charge >= 0.3 is 5.97 Å². The van der Waals surface area contributed by atoms with Crippen LogP contribution in [0.1, 0.15) is 41.6 Å². The maximum Gasteiger partial charge on any atom is 0.308 e. The topological polar surface area (TPSA) is 144 Å². The van der Waals surface area contributed by atoms with Crippen LogP contribution >= 0.6 is 12.4 Å². The Morgan fingerprint density at radius 2 is 1.77 bits per heavy atom. The quantitative estimate of drug-likeness (QED) is 0.309. The first-order valence-electron chi connectivity index (χ1n) is 11.5. The summed E-state index contributed by atoms with van der Waals surface area (Å²) in [4.78, 5) is 27.2. The number of aromatic nitrogens is 2. The van der Waals surface area contributed by atoms with E-state index in [2.05, 4.69) is 15.5 Å². The van der Waals surface area contributed by atoms with Gasteiger partial charge in [0.05, 0.1) is 37.5 Å². The fourth-order valence-electron chi connectivity index (χ4n) is 4.43. The van der Waals surface area contributed by atoms with Crippen LogP contribution in [0.15, 0.2) is 30.3 Å². The molecule has 11 heteroatoms. The Balaban J connectivity index is 0.00000342. The lowest BCUT2D eigenvalue weighted by atomic mass is 9.86. The molecule has 2 aromatic rings. The van der Waals surface area contributed by atoms with E-state index in [9.17, 15) is 9.59 Å². The highest BCUT2D eigenvalue weighted by molar-refractivity contribution is 6.00. The third-order valence-corrected chi connectivity index (χ3v) is 6.42. The Hall–Kier alpha value is -3.24. The number of nitrogen functional groups attached to an aromatic ring is 1. The van der Waals surface area contributed by atoms with Gasteiger partial charge in [-0.1, -0.05) is 24.3 Å². The molecule has 188 valence electrons. The average molecular weight is 503 g/mol. The van der Waals surface area contributed by atoms with Crippen LogP contribution in [0.2, 0.25) is 0 Å². The van der Waals surface area contributed by atoms with Crippen molar-refractivity contribution in [3.63, 3.8) is 0 Å². The normalized spacial score (nSPS) is 19.9. The Labute approximate surface area is 210 Å². The van der Waals surface area contributed by atoms with Crippen molar-refractivity contribution in [2.24, 2.45) is 11.7 Å². The molecule has 2 fully saturated rings. The molecule has 1 saturated heterocycles. The Kier molecular flexibility index (Phi) is 9.00. The summed E-state index contributed by atoms with van der Waals surface area (Å²) in [5.41, 5.74) is 7.96. The molecule has 0 radical (unpaired) electrons. The van der Waals surface area contributed by atoms with E-state index < -0.39 is 0 Å². The number of amides is 1. The van der Waals surface area contributed by atoms with Gasteiger partial charge < -0.3 is 25.4 Å². The fraction of sp³-hybridized carbons (Fsp3) is 0.458. The SMILES string of the molecule is COC(=O)[C@H]1CC[C@H](NC(=O)c2cc(-c3ccc(C(=N)N)cc3)nnc2N2CCOCC2)CC1.Cl. The van der Waals surface area contributed by atoms with Gasteiger partial charge in [0, 0.05) is 30.3 Å². The van der Waals surface area contributed by atoms with Gasteiger partial charge in [-0.2, -0.15) is 0 Å². The molecule has 0 bridgehead atoms. The van der Waals surface area contributed by atoms with E-state index in [1.54, 1.807) is 18.2 Å². The van der Waals surface area contributed by atoms with Crippen molar-refractivity contribution in [2.45, 2.75) is 31.7 Å². The molecule has 1 amide bonds. The van der Waals surface area contributed by atoms with Crippen LogP contribution < -0.4 is 16.0 Å². The van der Waals surface area contributed by atoms with Gasteiger partial charge in [-0.05, 0) is 31.7 Å². The van der Waals surface area contributed by atoms with Gasteiger partial charge in [-0.15, -0.1) is 22.6 Å². The van der Waals surface area contributed by atoms with Gasteiger partial charge in [0.15, 0.2) is 5.82 Å². The number of hydrogen-bond acceptors (Lipinski definition) is 8. The van der Waals surface area contributed by atoms with Gasteiger partial charge in [-0.25, -0.2) is 0 Å². The van der Waals surface area contributed by atoms with Crippen molar-refractivity contribution in [1.82, 2.24) is 15.5 Å². The standard InChI is InChI=1S/C24H30N6O4.ClH/c1-33-24(32)17-6-8-18(9-7-17)27-23(31)19-14-20(15-2-4-16(5-3-15)21(25)26)28-29-22(19)30-10-12-34-13-11-30;/h2-5,14,17-18H,6-13H2,1H3,(H3,25,26)(H,27,31);1H/t17-,18-;. The van der Waals surface area contributed by atoms with Crippen molar-refractivity contribution in [2.75, 3.05) is 38.3 Å². The highest BCUT2D eigenvalue weighted by Gasteiger charge is 2.29. The lowest BCUT2D eigenvalue weighted by Crippen LogP contribution is -2.41. The predicted octanol–water partition coefficient (Wildman–Crippen LogP) is 2.15. The first-order valence-corrected chi connectivity index (χ1v) is 11.5. The molecular formula is C24H31ClN6O4. The van der Waals surface area contributed by atoms with E-state index in [1.807, 2.05) is 17.0 Å². The Morgan fingerprint density at radius 3 is 2.37 bits per heavy atom. The third-order valence-electron chi connectivity index (χ3n) is 6.42. The number of benzene rings is 1. The molecule has 1 aromatic heterocycles. The molecular weight excluding hydrogens is 472 g/mol. The molecule has 10 nitrogen and oxygen atoms in total. The minimum atomic E-state index is -0.209. The number of ether oxygens (including phenoxy) is 2. The second kappa shape index (κ2) is 11.9. The van der Waals surface area contributed by atoms with E-state index in [-0.39, 0.29) is 42.1 Å². The third kappa shape index (κ3) is 6.26. The van der Waals surface area contributed by atoms with E-state index in [4.69, 9.17) is 20.6 Å². The van der Waals surface area contributed by atoms with Crippen LogP contribution in [0.4, 0.5) is 5.82 Å². The first-order chi connectivity index (χ1) is 16.5. The van der Waals surface area contributed by atoms with Crippen LogP contribution in [-0.2, 0) is 14.3 Å². The number of rotatable bonds is 6. The number of hydrogen-bond donors (Lipinski definition) is 3. The average Bonchev–Trinajstić information content (AvgIpc) is 2.89. The fourth-order valence-corrected chi connectivity index (χ4v) is 4.43. The zero-order valence-corrected chi connectivity index (χ0v) is 20.5. The summed E-state index contributed by atoms with van der Waals surface area (Å²) in [5, 5.41) is 19.5. The predicted molar refractivity (Wildman–Crippen MR) is 134 cm³/mol. The molecule has 2 aliphatic rings. The number of morpholine rings is 1. The largest absolute Gasteiger partial charge is 0.469 e. The van der Waals surface area contributed by atoms with E-state index in [0.717, 1.165) is 18.4 Å². The van der Waals surface area contributed by atoms with E-state index >= 15 is 0 Å². The summed E-state index contributed by atoms with van der Waals surface area (Å²) >= 11 is 0. The highest BCUT2D eigenvalue weighted by Crippen LogP contribution is 2.28. The molecule has 4 N–H and O–H groups in total. The Bertz CT molecular complexity index is 1050. The van der Waals surface area contributed by atoms with E-state index in [0.29, 0.717) is 61.8 Å². The number of esters is 1. The number of amidine groups is 1. The number of anilines is 1.